The summed E-state index contributed by atoms with van der Waals surface area (Å²) in [4.78, 5) is 6.85. The molecule has 19 heavy (non-hydrogen) atoms. The van der Waals surface area contributed by atoms with Crippen LogP contribution in [-0.2, 0) is 0 Å². The van der Waals surface area contributed by atoms with Crippen molar-refractivity contribution in [2.24, 2.45) is 11.7 Å². The number of hydrogen-bond acceptors (Lipinski definition) is 4. The average molecular weight is 259 g/mol. The van der Waals surface area contributed by atoms with Crippen LogP contribution in [-0.4, -0.2) is 24.6 Å². The fourth-order valence-electron chi connectivity index (χ4n) is 3.29. The maximum absolute atomic E-state index is 5.94. The van der Waals surface area contributed by atoms with Gasteiger partial charge in [-0.05, 0) is 37.4 Å². The maximum atomic E-state index is 5.94. The van der Waals surface area contributed by atoms with E-state index in [0.29, 0.717) is 12.0 Å². The van der Waals surface area contributed by atoms with Gasteiger partial charge in [-0.25, -0.2) is 4.98 Å². The first-order chi connectivity index (χ1) is 9.31. The number of nitrogens with zero attached hydrogens (tertiary/aromatic N) is 2. The molecule has 2 aromatic rings. The van der Waals surface area contributed by atoms with Crippen molar-refractivity contribution in [1.29, 1.82) is 0 Å². The second-order valence-electron chi connectivity index (χ2n) is 5.43. The minimum Gasteiger partial charge on any atom is -0.464 e. The zero-order valence-corrected chi connectivity index (χ0v) is 11.4. The third-order valence-electron chi connectivity index (χ3n) is 4.36. The molecule has 3 rings (SSSR count). The summed E-state index contributed by atoms with van der Waals surface area (Å²) >= 11 is 0. The van der Waals surface area contributed by atoms with Gasteiger partial charge in [0.25, 0.3) is 0 Å². The van der Waals surface area contributed by atoms with Crippen LogP contribution in [0.4, 0.5) is 5.82 Å². The van der Waals surface area contributed by atoms with Crippen LogP contribution in [0, 0.1) is 5.92 Å². The SMILES string of the molecule is CN(c1nccc2occc12)C1CCCCC1CN. The average Bonchev–Trinajstić information content (AvgIpc) is 2.94. The molecule has 2 N–H and O–H groups in total. The highest BCUT2D eigenvalue weighted by Crippen LogP contribution is 2.32. The quantitative estimate of drug-likeness (QED) is 0.921. The largest absolute Gasteiger partial charge is 0.464 e. The molecular weight excluding hydrogens is 238 g/mol. The monoisotopic (exact) mass is 259 g/mol. The molecule has 2 aromatic heterocycles. The van der Waals surface area contributed by atoms with Crippen molar-refractivity contribution in [3.05, 3.63) is 24.6 Å². The molecule has 0 spiro atoms. The number of pyridine rings is 1. The molecule has 0 radical (unpaired) electrons. The topological polar surface area (TPSA) is 55.3 Å². The van der Waals surface area contributed by atoms with Crippen molar-refractivity contribution in [2.45, 2.75) is 31.7 Å². The molecule has 2 unspecified atom stereocenters. The molecule has 0 amide bonds. The van der Waals surface area contributed by atoms with E-state index in [9.17, 15) is 0 Å². The molecule has 102 valence electrons. The lowest BCUT2D eigenvalue weighted by atomic mass is 9.83. The van der Waals surface area contributed by atoms with E-state index >= 15 is 0 Å². The first-order valence-corrected chi connectivity index (χ1v) is 7.06. The van der Waals surface area contributed by atoms with Crippen LogP contribution in [0.3, 0.4) is 0 Å². The van der Waals surface area contributed by atoms with Crippen molar-refractivity contribution in [3.8, 4) is 0 Å². The Morgan fingerprint density at radius 1 is 1.37 bits per heavy atom. The van der Waals surface area contributed by atoms with E-state index in [1.807, 2.05) is 18.3 Å². The van der Waals surface area contributed by atoms with Crippen molar-refractivity contribution in [3.63, 3.8) is 0 Å². The fourth-order valence-corrected chi connectivity index (χ4v) is 3.29. The van der Waals surface area contributed by atoms with Gasteiger partial charge < -0.3 is 15.1 Å². The van der Waals surface area contributed by atoms with E-state index in [0.717, 1.165) is 23.3 Å². The van der Waals surface area contributed by atoms with Crippen LogP contribution in [0.25, 0.3) is 11.0 Å². The zero-order valence-electron chi connectivity index (χ0n) is 11.4. The van der Waals surface area contributed by atoms with E-state index in [4.69, 9.17) is 10.2 Å². The van der Waals surface area contributed by atoms with Crippen LogP contribution >= 0.6 is 0 Å². The summed E-state index contributed by atoms with van der Waals surface area (Å²) in [6, 6.07) is 4.40. The third-order valence-corrected chi connectivity index (χ3v) is 4.36. The Bertz CT molecular complexity index is 551. The Hall–Kier alpha value is -1.55. The smallest absolute Gasteiger partial charge is 0.139 e. The molecule has 1 aliphatic rings. The lowest BCUT2D eigenvalue weighted by Gasteiger charge is -2.38. The Labute approximate surface area is 113 Å². The van der Waals surface area contributed by atoms with E-state index in [-0.39, 0.29) is 0 Å². The van der Waals surface area contributed by atoms with Crippen LogP contribution in [0.5, 0.6) is 0 Å². The van der Waals surface area contributed by atoms with Crippen LogP contribution in [0.15, 0.2) is 29.0 Å². The van der Waals surface area contributed by atoms with Crippen LogP contribution in [0.2, 0.25) is 0 Å². The number of nitrogens with two attached hydrogens (primary N) is 1. The highest BCUT2D eigenvalue weighted by molar-refractivity contribution is 5.88. The minimum atomic E-state index is 0.492. The Balaban J connectivity index is 1.94. The van der Waals surface area contributed by atoms with E-state index in [2.05, 4.69) is 16.9 Å². The van der Waals surface area contributed by atoms with Gasteiger partial charge in [-0.2, -0.15) is 0 Å². The highest BCUT2D eigenvalue weighted by Gasteiger charge is 2.28. The van der Waals surface area contributed by atoms with Crippen molar-refractivity contribution < 1.29 is 4.42 Å². The number of hydrogen-bond donors (Lipinski definition) is 1. The van der Waals surface area contributed by atoms with Crippen molar-refractivity contribution in [1.82, 2.24) is 4.98 Å². The molecule has 1 aliphatic carbocycles. The number of furan rings is 1. The summed E-state index contributed by atoms with van der Waals surface area (Å²) in [5.74, 6) is 1.58. The van der Waals surface area contributed by atoms with Gasteiger partial charge >= 0.3 is 0 Å². The Kier molecular flexibility index (Phi) is 3.42. The predicted octanol–water partition coefficient (Wildman–Crippen LogP) is 2.78. The maximum Gasteiger partial charge on any atom is 0.139 e. The van der Waals surface area contributed by atoms with Crippen LogP contribution < -0.4 is 10.6 Å². The van der Waals surface area contributed by atoms with Crippen molar-refractivity contribution >= 4 is 16.8 Å². The highest BCUT2D eigenvalue weighted by atomic mass is 16.3. The second kappa shape index (κ2) is 5.21. The summed E-state index contributed by atoms with van der Waals surface area (Å²) in [6.45, 7) is 0.760. The second-order valence-corrected chi connectivity index (χ2v) is 5.43. The molecule has 0 aliphatic heterocycles. The molecular formula is C15H21N3O. The van der Waals surface area contributed by atoms with Gasteiger partial charge in [-0.3, -0.25) is 0 Å². The Morgan fingerprint density at radius 3 is 3.05 bits per heavy atom. The summed E-state index contributed by atoms with van der Waals surface area (Å²) in [5.41, 5.74) is 6.84. The lowest BCUT2D eigenvalue weighted by Crippen LogP contribution is -2.43. The van der Waals surface area contributed by atoms with Gasteiger partial charge in [0.15, 0.2) is 0 Å². The molecule has 2 atom stereocenters. The Morgan fingerprint density at radius 2 is 2.21 bits per heavy atom. The number of rotatable bonds is 3. The zero-order chi connectivity index (χ0) is 13.2. The fraction of sp³-hybridized carbons (Fsp3) is 0.533. The minimum absolute atomic E-state index is 0.492. The summed E-state index contributed by atoms with van der Waals surface area (Å²) < 4.78 is 5.46. The third kappa shape index (κ3) is 2.21. The van der Waals surface area contributed by atoms with Gasteiger partial charge in [-0.15, -0.1) is 0 Å². The van der Waals surface area contributed by atoms with Gasteiger partial charge in [0.2, 0.25) is 0 Å². The number of anilines is 1. The van der Waals surface area contributed by atoms with Crippen molar-refractivity contribution in [2.75, 3.05) is 18.5 Å². The molecule has 0 saturated heterocycles. The number of aromatic nitrogens is 1. The van der Waals surface area contributed by atoms with Gasteiger partial charge in [0, 0.05) is 19.3 Å². The molecule has 4 nitrogen and oxygen atoms in total. The normalized spacial score (nSPS) is 23.7. The summed E-state index contributed by atoms with van der Waals surface area (Å²) in [5, 5.41) is 1.09. The van der Waals surface area contributed by atoms with E-state index < -0.39 is 0 Å². The van der Waals surface area contributed by atoms with E-state index in [1.165, 1.54) is 25.7 Å². The molecule has 1 saturated carbocycles. The summed E-state index contributed by atoms with van der Waals surface area (Å²) in [6.07, 6.45) is 8.56. The molecule has 2 heterocycles. The standard InChI is InChI=1S/C15H21N3O/c1-18(13-5-3-2-4-11(13)10-16)15-12-7-9-19-14(12)6-8-17-15/h6-9,11,13H,2-5,10,16H2,1H3. The first-order valence-electron chi connectivity index (χ1n) is 7.06. The van der Waals surface area contributed by atoms with E-state index in [1.54, 1.807) is 6.26 Å². The molecule has 1 fully saturated rings. The van der Waals surface area contributed by atoms with Gasteiger partial charge in [0.1, 0.15) is 11.4 Å². The van der Waals surface area contributed by atoms with Gasteiger partial charge in [0.05, 0.1) is 11.6 Å². The molecule has 4 heteroatoms. The summed E-state index contributed by atoms with van der Waals surface area (Å²) in [7, 11) is 2.13. The molecule has 0 bridgehead atoms. The van der Waals surface area contributed by atoms with Gasteiger partial charge in [-0.1, -0.05) is 12.8 Å². The number of fused-ring (bicyclic) bond motifs is 1. The predicted molar refractivity (Wildman–Crippen MR) is 77.2 cm³/mol. The lowest BCUT2D eigenvalue weighted by molar-refractivity contribution is 0.306. The van der Waals surface area contributed by atoms with Crippen LogP contribution in [0.1, 0.15) is 25.7 Å². The first kappa shape index (κ1) is 12.5. The molecule has 0 aromatic carbocycles.